The number of ether oxygens (including phenoxy) is 1. The number of benzene rings is 1. The normalized spacial score (nSPS) is 21.6. The lowest BCUT2D eigenvalue weighted by atomic mass is 10.1. The zero-order valence-electron chi connectivity index (χ0n) is 15.2. The minimum atomic E-state index is -0.223. The highest BCUT2D eigenvalue weighted by atomic mass is 35.5. The summed E-state index contributed by atoms with van der Waals surface area (Å²) in [6, 6.07) is 6.85. The molecule has 2 heterocycles. The van der Waals surface area contributed by atoms with E-state index >= 15 is 0 Å². The van der Waals surface area contributed by atoms with Crippen molar-refractivity contribution in [1.29, 1.82) is 0 Å². The predicted molar refractivity (Wildman–Crippen MR) is 102 cm³/mol. The standard InChI is InChI=1S/C21H21ClFN3O/c1-12-18(7-8-26-19(9-13-5-6-13)24-25-21(12)26)27-11-14-10-15(14)20-16(22)3-2-4-17(20)23/h2-4,7-8,13-15H,5-6,9-11H2,1H3/t14-,15+/m1/s1. The summed E-state index contributed by atoms with van der Waals surface area (Å²) in [5.74, 6) is 2.82. The van der Waals surface area contributed by atoms with Gasteiger partial charge in [0.05, 0.1) is 6.61 Å². The Morgan fingerprint density at radius 1 is 1.26 bits per heavy atom. The Balaban J connectivity index is 1.29. The van der Waals surface area contributed by atoms with Crippen LogP contribution in [0.1, 0.15) is 42.1 Å². The smallest absolute Gasteiger partial charge is 0.167 e. The molecule has 2 saturated carbocycles. The summed E-state index contributed by atoms with van der Waals surface area (Å²) in [7, 11) is 0. The van der Waals surface area contributed by atoms with Gasteiger partial charge in [-0.3, -0.25) is 4.40 Å². The molecular formula is C21H21ClFN3O. The molecule has 2 fully saturated rings. The summed E-state index contributed by atoms with van der Waals surface area (Å²) in [4.78, 5) is 0. The summed E-state index contributed by atoms with van der Waals surface area (Å²) in [5, 5.41) is 9.22. The Kier molecular flexibility index (Phi) is 4.08. The van der Waals surface area contributed by atoms with Gasteiger partial charge in [0.1, 0.15) is 17.4 Å². The van der Waals surface area contributed by atoms with Crippen LogP contribution in [0.5, 0.6) is 5.75 Å². The molecule has 2 aromatic heterocycles. The number of pyridine rings is 1. The maximum atomic E-state index is 14.1. The SMILES string of the molecule is Cc1c(OC[C@H]2C[C@@H]2c2c(F)cccc2Cl)ccn2c(CC3CC3)nnc12. The van der Waals surface area contributed by atoms with Crippen molar-refractivity contribution >= 4 is 17.2 Å². The quantitative estimate of drug-likeness (QED) is 0.601. The number of aromatic nitrogens is 3. The summed E-state index contributed by atoms with van der Waals surface area (Å²) >= 11 is 6.18. The highest BCUT2D eigenvalue weighted by Gasteiger charge is 2.41. The molecule has 2 aliphatic rings. The van der Waals surface area contributed by atoms with E-state index in [1.165, 1.54) is 18.9 Å². The average molecular weight is 386 g/mol. The monoisotopic (exact) mass is 385 g/mol. The summed E-state index contributed by atoms with van der Waals surface area (Å²) in [6.07, 6.45) is 6.48. The highest BCUT2D eigenvalue weighted by molar-refractivity contribution is 6.31. The van der Waals surface area contributed by atoms with E-state index in [1.54, 1.807) is 12.1 Å². The Labute approximate surface area is 162 Å². The van der Waals surface area contributed by atoms with E-state index in [-0.39, 0.29) is 11.7 Å². The van der Waals surface area contributed by atoms with Crippen molar-refractivity contribution in [2.75, 3.05) is 6.61 Å². The predicted octanol–water partition coefficient (Wildman–Crippen LogP) is 4.97. The number of hydrogen-bond donors (Lipinski definition) is 0. The summed E-state index contributed by atoms with van der Waals surface area (Å²) in [5.41, 5.74) is 2.47. The maximum Gasteiger partial charge on any atom is 0.167 e. The lowest BCUT2D eigenvalue weighted by Crippen LogP contribution is -2.04. The molecule has 27 heavy (non-hydrogen) atoms. The van der Waals surface area contributed by atoms with Crippen LogP contribution < -0.4 is 4.74 Å². The van der Waals surface area contributed by atoms with Crippen LogP contribution in [0.15, 0.2) is 30.5 Å². The number of hydrogen-bond acceptors (Lipinski definition) is 3. The first-order valence-corrected chi connectivity index (χ1v) is 9.89. The fourth-order valence-corrected chi connectivity index (χ4v) is 4.14. The molecule has 4 nitrogen and oxygen atoms in total. The average Bonchev–Trinajstić information content (AvgIpc) is 3.55. The summed E-state index contributed by atoms with van der Waals surface area (Å²) in [6.45, 7) is 2.56. The van der Waals surface area contributed by atoms with Crippen molar-refractivity contribution in [3.8, 4) is 5.75 Å². The number of fused-ring (bicyclic) bond motifs is 1. The second-order valence-corrected chi connectivity index (χ2v) is 8.22. The van der Waals surface area contributed by atoms with Gasteiger partial charge in [0.25, 0.3) is 0 Å². The Bertz CT molecular complexity index is 994. The van der Waals surface area contributed by atoms with Crippen LogP contribution in [0, 0.1) is 24.6 Å². The van der Waals surface area contributed by atoms with Gasteiger partial charge in [-0.1, -0.05) is 17.7 Å². The number of rotatable bonds is 6. The van der Waals surface area contributed by atoms with Gasteiger partial charge >= 0.3 is 0 Å². The Hall–Kier alpha value is -2.14. The minimum Gasteiger partial charge on any atom is -0.493 e. The van der Waals surface area contributed by atoms with Crippen LogP contribution in [0.3, 0.4) is 0 Å². The highest BCUT2D eigenvalue weighted by Crippen LogP contribution is 2.50. The molecule has 1 aromatic carbocycles. The third-order valence-corrected chi connectivity index (χ3v) is 6.09. The van der Waals surface area contributed by atoms with E-state index in [0.29, 0.717) is 23.1 Å². The maximum absolute atomic E-state index is 14.1. The van der Waals surface area contributed by atoms with E-state index in [0.717, 1.165) is 41.5 Å². The molecule has 2 aliphatic carbocycles. The summed E-state index contributed by atoms with van der Waals surface area (Å²) < 4.78 is 22.2. The molecule has 0 amide bonds. The van der Waals surface area contributed by atoms with Crippen molar-refractivity contribution in [1.82, 2.24) is 14.6 Å². The van der Waals surface area contributed by atoms with Crippen molar-refractivity contribution in [2.24, 2.45) is 11.8 Å². The van der Waals surface area contributed by atoms with Crippen LogP contribution in [-0.2, 0) is 6.42 Å². The van der Waals surface area contributed by atoms with Crippen molar-refractivity contribution < 1.29 is 9.13 Å². The lowest BCUT2D eigenvalue weighted by Gasteiger charge is -2.11. The van der Waals surface area contributed by atoms with Gasteiger partial charge < -0.3 is 4.74 Å². The largest absolute Gasteiger partial charge is 0.493 e. The molecule has 0 radical (unpaired) electrons. The topological polar surface area (TPSA) is 39.4 Å². The van der Waals surface area contributed by atoms with Gasteiger partial charge in [-0.05, 0) is 56.2 Å². The third kappa shape index (κ3) is 3.18. The van der Waals surface area contributed by atoms with E-state index < -0.39 is 0 Å². The first-order valence-electron chi connectivity index (χ1n) is 9.51. The molecule has 0 N–H and O–H groups in total. The Morgan fingerprint density at radius 3 is 2.89 bits per heavy atom. The second kappa shape index (κ2) is 6.48. The fourth-order valence-electron chi connectivity index (χ4n) is 3.84. The van der Waals surface area contributed by atoms with Crippen LogP contribution in [0.25, 0.3) is 5.65 Å². The van der Waals surface area contributed by atoms with Crippen molar-refractivity contribution in [2.45, 2.75) is 38.5 Å². The van der Waals surface area contributed by atoms with Crippen LogP contribution in [0.4, 0.5) is 4.39 Å². The second-order valence-electron chi connectivity index (χ2n) is 7.81. The number of halogens is 2. The third-order valence-electron chi connectivity index (χ3n) is 5.76. The molecule has 0 bridgehead atoms. The molecule has 5 rings (SSSR count). The molecule has 3 aromatic rings. The van der Waals surface area contributed by atoms with Crippen molar-refractivity contribution in [3.05, 3.63) is 58.3 Å². The molecular weight excluding hydrogens is 365 g/mol. The fraction of sp³-hybridized carbons (Fsp3) is 0.429. The lowest BCUT2D eigenvalue weighted by molar-refractivity contribution is 0.294. The molecule has 6 heteroatoms. The zero-order chi connectivity index (χ0) is 18.5. The van der Waals surface area contributed by atoms with E-state index in [9.17, 15) is 4.39 Å². The first-order chi connectivity index (χ1) is 13.1. The van der Waals surface area contributed by atoms with Crippen LogP contribution in [0.2, 0.25) is 5.02 Å². The molecule has 2 atom stereocenters. The van der Waals surface area contributed by atoms with E-state index in [2.05, 4.69) is 14.6 Å². The van der Waals surface area contributed by atoms with Crippen molar-refractivity contribution in [3.63, 3.8) is 0 Å². The molecule has 0 unspecified atom stereocenters. The van der Waals surface area contributed by atoms with E-state index in [1.807, 2.05) is 19.2 Å². The number of aryl methyl sites for hydroxylation is 1. The minimum absolute atomic E-state index is 0.140. The van der Waals surface area contributed by atoms with Gasteiger partial charge in [0.2, 0.25) is 0 Å². The Morgan fingerprint density at radius 2 is 2.11 bits per heavy atom. The van der Waals surface area contributed by atoms with Gasteiger partial charge in [-0.15, -0.1) is 10.2 Å². The molecule has 0 saturated heterocycles. The van der Waals surface area contributed by atoms with Gasteiger partial charge in [0, 0.05) is 34.7 Å². The zero-order valence-corrected chi connectivity index (χ0v) is 15.9. The van der Waals surface area contributed by atoms with E-state index in [4.69, 9.17) is 16.3 Å². The first kappa shape index (κ1) is 17.0. The number of nitrogens with zero attached hydrogens (tertiary/aromatic N) is 3. The molecule has 0 spiro atoms. The van der Waals surface area contributed by atoms with Crippen LogP contribution in [-0.4, -0.2) is 21.2 Å². The molecule has 0 aliphatic heterocycles. The van der Waals surface area contributed by atoms with Gasteiger partial charge in [-0.25, -0.2) is 4.39 Å². The van der Waals surface area contributed by atoms with Gasteiger partial charge in [-0.2, -0.15) is 0 Å². The van der Waals surface area contributed by atoms with Gasteiger partial charge in [0.15, 0.2) is 5.65 Å². The van der Waals surface area contributed by atoms with Crippen LogP contribution >= 0.6 is 11.6 Å². The molecule has 140 valence electrons.